The van der Waals surface area contributed by atoms with Gasteiger partial charge in [0, 0.05) is 5.69 Å². The minimum Gasteiger partial charge on any atom is -0.495 e. The first-order chi connectivity index (χ1) is 6.19. The molecule has 0 N–H and O–H groups in total. The maximum Gasteiger partial charge on any atom is 0.139 e. The van der Waals surface area contributed by atoms with Crippen molar-refractivity contribution in [2.75, 3.05) is 7.11 Å². The molecule has 0 unspecified atom stereocenters. The molecule has 0 aromatic carbocycles. The smallest absolute Gasteiger partial charge is 0.139 e. The van der Waals surface area contributed by atoms with Crippen LogP contribution in [0.3, 0.4) is 0 Å². The number of ether oxygens (including phenoxy) is 1. The molecule has 0 saturated carbocycles. The molecule has 0 aliphatic heterocycles. The van der Waals surface area contributed by atoms with Gasteiger partial charge in [-0.15, -0.1) is 0 Å². The van der Waals surface area contributed by atoms with Gasteiger partial charge >= 0.3 is 0 Å². The van der Waals surface area contributed by atoms with Crippen molar-refractivity contribution >= 4 is 18.2 Å². The number of nitrogens with zero attached hydrogens (tertiary/aromatic N) is 2. The molecule has 13 heavy (non-hydrogen) atoms. The molecule has 1 heterocycles. The molecular formula is C10H12N2O. The van der Waals surface area contributed by atoms with E-state index in [0.29, 0.717) is 17.1 Å². The van der Waals surface area contributed by atoms with Crippen molar-refractivity contribution in [1.82, 2.24) is 4.98 Å². The Morgan fingerprint density at radius 1 is 1.54 bits per heavy atom. The normalized spacial score (nSPS) is 9.38. The lowest BCUT2D eigenvalue weighted by Crippen LogP contribution is -1.92. The summed E-state index contributed by atoms with van der Waals surface area (Å²) in [5.41, 5.74) is 2.25. The van der Waals surface area contributed by atoms with Crippen molar-refractivity contribution in [1.29, 1.82) is 0 Å². The van der Waals surface area contributed by atoms with E-state index in [-0.39, 0.29) is 0 Å². The zero-order valence-electron chi connectivity index (χ0n) is 7.87. The third kappa shape index (κ3) is 1.93. The summed E-state index contributed by atoms with van der Waals surface area (Å²) in [6.45, 7) is 9.07. The molecule has 68 valence electrons. The van der Waals surface area contributed by atoms with Crippen LogP contribution in [-0.2, 0) is 4.74 Å². The number of methoxy groups -OCH3 is 1. The molecule has 1 rings (SSSR count). The largest absolute Gasteiger partial charge is 0.495 e. The molecule has 3 heteroatoms. The Morgan fingerprint density at radius 3 is 2.77 bits per heavy atom. The van der Waals surface area contributed by atoms with E-state index in [1.807, 2.05) is 19.1 Å². The third-order valence-corrected chi connectivity index (χ3v) is 1.69. The zero-order valence-corrected chi connectivity index (χ0v) is 7.87. The number of aliphatic imine (C=N–C) groups is 1. The van der Waals surface area contributed by atoms with Crippen LogP contribution in [0.25, 0.3) is 5.76 Å². The van der Waals surface area contributed by atoms with E-state index in [1.54, 1.807) is 7.11 Å². The lowest BCUT2D eigenvalue weighted by atomic mass is 10.2. The van der Waals surface area contributed by atoms with Crippen LogP contribution in [0.5, 0.6) is 0 Å². The average molecular weight is 176 g/mol. The maximum absolute atomic E-state index is 4.99. The highest BCUT2D eigenvalue weighted by Crippen LogP contribution is 2.23. The van der Waals surface area contributed by atoms with Gasteiger partial charge in [0.05, 0.1) is 12.8 Å². The van der Waals surface area contributed by atoms with E-state index in [0.717, 1.165) is 5.69 Å². The average Bonchev–Trinajstić information content (AvgIpc) is 2.16. The molecule has 1 aromatic rings. The molecule has 0 aliphatic rings. The van der Waals surface area contributed by atoms with Gasteiger partial charge in [-0.3, -0.25) is 4.99 Å². The lowest BCUT2D eigenvalue weighted by molar-refractivity contribution is 0.369. The Hall–Kier alpha value is -1.64. The van der Waals surface area contributed by atoms with Gasteiger partial charge in [0.15, 0.2) is 0 Å². The molecule has 0 spiro atoms. The van der Waals surface area contributed by atoms with Crippen LogP contribution in [0.2, 0.25) is 0 Å². The van der Waals surface area contributed by atoms with E-state index >= 15 is 0 Å². The maximum atomic E-state index is 4.99. The third-order valence-electron chi connectivity index (χ3n) is 1.69. The first-order valence-electron chi connectivity index (χ1n) is 3.86. The number of aromatic nitrogens is 1. The second kappa shape index (κ2) is 3.85. The lowest BCUT2D eigenvalue weighted by Gasteiger charge is -2.06. The minimum absolute atomic E-state index is 0.506. The number of hydrogen-bond donors (Lipinski definition) is 0. The molecule has 0 atom stereocenters. The Kier molecular flexibility index (Phi) is 2.80. The Balaban J connectivity index is 3.23. The van der Waals surface area contributed by atoms with Crippen LogP contribution in [0.4, 0.5) is 5.69 Å². The van der Waals surface area contributed by atoms with Gasteiger partial charge in [0.25, 0.3) is 0 Å². The summed E-state index contributed by atoms with van der Waals surface area (Å²) in [5.74, 6) is 0.506. The number of pyridine rings is 1. The van der Waals surface area contributed by atoms with Crippen molar-refractivity contribution in [3.63, 3.8) is 0 Å². The molecule has 3 nitrogen and oxygen atoms in total. The second-order valence-corrected chi connectivity index (χ2v) is 2.61. The van der Waals surface area contributed by atoms with Crippen molar-refractivity contribution in [3.05, 3.63) is 30.1 Å². The first kappa shape index (κ1) is 9.45. The minimum atomic E-state index is 0.506. The fourth-order valence-electron chi connectivity index (χ4n) is 0.979. The highest BCUT2D eigenvalue weighted by Gasteiger charge is 2.06. The highest BCUT2D eigenvalue weighted by molar-refractivity contribution is 5.67. The molecule has 0 radical (unpaired) electrons. The topological polar surface area (TPSA) is 34.5 Å². The summed E-state index contributed by atoms with van der Waals surface area (Å²) in [7, 11) is 1.55. The Bertz CT molecular complexity index is 345. The summed E-state index contributed by atoms with van der Waals surface area (Å²) < 4.78 is 4.99. The van der Waals surface area contributed by atoms with Crippen molar-refractivity contribution in [2.24, 2.45) is 4.99 Å². The van der Waals surface area contributed by atoms with Gasteiger partial charge in [-0.25, -0.2) is 4.98 Å². The van der Waals surface area contributed by atoms with E-state index in [4.69, 9.17) is 4.74 Å². The monoisotopic (exact) mass is 176 g/mol. The molecule has 0 amide bonds. The molecule has 0 aliphatic carbocycles. The number of rotatable bonds is 3. The van der Waals surface area contributed by atoms with Crippen LogP contribution < -0.4 is 0 Å². The van der Waals surface area contributed by atoms with Crippen molar-refractivity contribution in [2.45, 2.75) is 6.92 Å². The summed E-state index contributed by atoms with van der Waals surface area (Å²) in [4.78, 5) is 8.08. The second-order valence-electron chi connectivity index (χ2n) is 2.61. The predicted molar refractivity (Wildman–Crippen MR) is 54.2 cm³/mol. The van der Waals surface area contributed by atoms with E-state index in [1.165, 1.54) is 0 Å². The van der Waals surface area contributed by atoms with Gasteiger partial charge in [0.2, 0.25) is 0 Å². The summed E-state index contributed by atoms with van der Waals surface area (Å²) in [6, 6.07) is 3.71. The van der Waals surface area contributed by atoms with E-state index < -0.39 is 0 Å². The van der Waals surface area contributed by atoms with E-state index in [9.17, 15) is 0 Å². The van der Waals surface area contributed by atoms with Gasteiger partial charge in [-0.1, -0.05) is 6.58 Å². The van der Waals surface area contributed by atoms with Gasteiger partial charge in [0.1, 0.15) is 11.5 Å². The first-order valence-corrected chi connectivity index (χ1v) is 3.86. The highest BCUT2D eigenvalue weighted by atomic mass is 16.5. The van der Waals surface area contributed by atoms with Gasteiger partial charge in [-0.05, 0) is 25.8 Å². The van der Waals surface area contributed by atoms with Crippen molar-refractivity contribution < 1.29 is 4.74 Å². The fourth-order valence-corrected chi connectivity index (χ4v) is 0.979. The Labute approximate surface area is 77.8 Å². The van der Waals surface area contributed by atoms with Crippen LogP contribution >= 0.6 is 0 Å². The standard InChI is InChI=1S/C10H12N2O/c1-7-5-6-9(11-3)10(12-7)8(2)13-4/h5-6H,2-3H2,1,4H3. The summed E-state index contributed by atoms with van der Waals surface area (Å²) in [5, 5.41) is 0. The van der Waals surface area contributed by atoms with Crippen molar-refractivity contribution in [3.8, 4) is 0 Å². The molecule has 0 fully saturated rings. The molecule has 0 saturated heterocycles. The van der Waals surface area contributed by atoms with Crippen LogP contribution in [0, 0.1) is 6.92 Å². The Morgan fingerprint density at radius 2 is 2.23 bits per heavy atom. The number of aryl methyl sites for hydroxylation is 1. The zero-order chi connectivity index (χ0) is 9.84. The predicted octanol–water partition coefficient (Wildman–Crippen LogP) is 2.34. The van der Waals surface area contributed by atoms with E-state index in [2.05, 4.69) is 23.3 Å². The fraction of sp³-hybridized carbons (Fsp3) is 0.200. The van der Waals surface area contributed by atoms with Crippen LogP contribution in [-0.4, -0.2) is 18.8 Å². The summed E-state index contributed by atoms with van der Waals surface area (Å²) >= 11 is 0. The summed E-state index contributed by atoms with van der Waals surface area (Å²) in [6.07, 6.45) is 0. The van der Waals surface area contributed by atoms with Crippen LogP contribution in [0.15, 0.2) is 23.7 Å². The molecular weight excluding hydrogens is 164 g/mol. The molecule has 0 bridgehead atoms. The van der Waals surface area contributed by atoms with Crippen LogP contribution in [0.1, 0.15) is 11.4 Å². The number of hydrogen-bond acceptors (Lipinski definition) is 3. The van der Waals surface area contributed by atoms with Gasteiger partial charge < -0.3 is 4.74 Å². The SMILES string of the molecule is C=Nc1ccc(C)nc1C(=C)OC. The quantitative estimate of drug-likeness (QED) is 0.523. The molecule has 1 aromatic heterocycles. The van der Waals surface area contributed by atoms with Gasteiger partial charge in [-0.2, -0.15) is 0 Å².